The van der Waals surface area contributed by atoms with Crippen LogP contribution in [0.2, 0.25) is 0 Å². The van der Waals surface area contributed by atoms with Gasteiger partial charge in [-0.05, 0) is 23.8 Å². The Hall–Kier alpha value is -4.56. The Morgan fingerprint density at radius 3 is 2.33 bits per heavy atom. The molecule has 5 rings (SSSR count). The van der Waals surface area contributed by atoms with E-state index in [0.717, 1.165) is 32.3 Å². The Bertz CT molecular complexity index is 1400. The summed E-state index contributed by atoms with van der Waals surface area (Å²) in [5, 5.41) is 3.72. The summed E-state index contributed by atoms with van der Waals surface area (Å²) in [6, 6.07) is 25.8. The molecule has 36 heavy (non-hydrogen) atoms. The molecule has 0 saturated carbocycles. The SMILES string of the molecule is COc1cc(-c2nc(-c3ccccc3)c(-c3ccccc3)s2)ccc1OC(=O)CNc1cnccn1. The molecule has 8 heteroatoms. The molecule has 0 atom stereocenters. The first-order chi connectivity index (χ1) is 17.7. The molecule has 0 fully saturated rings. The summed E-state index contributed by atoms with van der Waals surface area (Å²) in [5.41, 5.74) is 3.94. The summed E-state index contributed by atoms with van der Waals surface area (Å²) < 4.78 is 11.1. The number of aromatic nitrogens is 3. The summed E-state index contributed by atoms with van der Waals surface area (Å²) in [6.07, 6.45) is 4.63. The van der Waals surface area contributed by atoms with Crippen LogP contribution in [0.15, 0.2) is 97.5 Å². The number of nitrogens with one attached hydrogen (secondary N) is 1. The van der Waals surface area contributed by atoms with Crippen molar-refractivity contribution >= 4 is 23.1 Å². The predicted molar refractivity (Wildman–Crippen MR) is 141 cm³/mol. The maximum atomic E-state index is 12.4. The van der Waals surface area contributed by atoms with Crippen LogP contribution in [0.3, 0.4) is 0 Å². The minimum Gasteiger partial charge on any atom is -0.493 e. The number of thiazole rings is 1. The van der Waals surface area contributed by atoms with Crippen LogP contribution in [0.1, 0.15) is 0 Å². The molecule has 2 aromatic heterocycles. The van der Waals surface area contributed by atoms with Crippen molar-refractivity contribution < 1.29 is 14.3 Å². The van der Waals surface area contributed by atoms with E-state index in [0.29, 0.717) is 17.3 Å². The molecule has 2 heterocycles. The van der Waals surface area contributed by atoms with Crippen molar-refractivity contribution in [2.75, 3.05) is 19.0 Å². The third-order valence-corrected chi connectivity index (χ3v) is 6.48. The molecular formula is C28H22N4O3S. The predicted octanol–water partition coefficient (Wildman–Crippen LogP) is 5.96. The van der Waals surface area contributed by atoms with Gasteiger partial charge in [0.1, 0.15) is 17.4 Å². The van der Waals surface area contributed by atoms with Crippen LogP contribution in [-0.2, 0) is 4.79 Å². The number of benzene rings is 3. The fourth-order valence-corrected chi connectivity index (χ4v) is 4.71. The van der Waals surface area contributed by atoms with E-state index >= 15 is 0 Å². The van der Waals surface area contributed by atoms with Crippen molar-refractivity contribution in [2.24, 2.45) is 0 Å². The summed E-state index contributed by atoms with van der Waals surface area (Å²) in [6.45, 7) is -0.0586. The lowest BCUT2D eigenvalue weighted by molar-refractivity contribution is -0.132. The van der Waals surface area contributed by atoms with Gasteiger partial charge < -0.3 is 14.8 Å². The minimum atomic E-state index is -0.473. The van der Waals surface area contributed by atoms with Crippen molar-refractivity contribution in [1.29, 1.82) is 0 Å². The molecule has 1 N–H and O–H groups in total. The average Bonchev–Trinajstić information content (AvgIpc) is 3.39. The highest BCUT2D eigenvalue weighted by Gasteiger charge is 2.18. The topological polar surface area (TPSA) is 86.2 Å². The standard InChI is InChI=1S/C28H22N4O3S/c1-34-23-16-21(12-13-22(23)35-25(33)18-31-24-17-29-14-15-30-24)28-32-26(19-8-4-2-5-9-19)27(36-28)20-10-6-3-7-11-20/h2-17H,18H2,1H3,(H,30,31). The smallest absolute Gasteiger partial charge is 0.330 e. The number of anilines is 1. The minimum absolute atomic E-state index is 0.0586. The van der Waals surface area contributed by atoms with E-state index in [1.54, 1.807) is 36.9 Å². The van der Waals surface area contributed by atoms with E-state index in [1.165, 1.54) is 6.20 Å². The van der Waals surface area contributed by atoms with Gasteiger partial charge in [-0.25, -0.2) is 14.8 Å². The molecule has 0 aliphatic carbocycles. The lowest BCUT2D eigenvalue weighted by atomic mass is 10.1. The molecule has 0 aliphatic heterocycles. The van der Waals surface area contributed by atoms with Gasteiger partial charge in [0.25, 0.3) is 0 Å². The van der Waals surface area contributed by atoms with Crippen molar-refractivity contribution in [1.82, 2.24) is 15.0 Å². The van der Waals surface area contributed by atoms with E-state index in [1.807, 2.05) is 48.5 Å². The molecule has 0 unspecified atom stereocenters. The monoisotopic (exact) mass is 494 g/mol. The molecule has 7 nitrogen and oxygen atoms in total. The zero-order valence-electron chi connectivity index (χ0n) is 19.4. The van der Waals surface area contributed by atoms with Crippen molar-refractivity contribution in [3.63, 3.8) is 0 Å². The summed E-state index contributed by atoms with van der Waals surface area (Å²) in [4.78, 5) is 26.5. The van der Waals surface area contributed by atoms with Crippen molar-refractivity contribution in [3.05, 3.63) is 97.5 Å². The van der Waals surface area contributed by atoms with Crippen LogP contribution in [-0.4, -0.2) is 34.6 Å². The number of carbonyl (C=O) groups is 1. The first-order valence-electron chi connectivity index (χ1n) is 11.2. The summed E-state index contributed by atoms with van der Waals surface area (Å²) in [5.74, 6) is 0.788. The Morgan fingerprint density at radius 1 is 0.889 bits per heavy atom. The third kappa shape index (κ3) is 5.24. The Kier molecular flexibility index (Phi) is 6.95. The van der Waals surface area contributed by atoms with Gasteiger partial charge in [0.2, 0.25) is 0 Å². The van der Waals surface area contributed by atoms with Gasteiger partial charge in [0.15, 0.2) is 11.5 Å². The first-order valence-corrected chi connectivity index (χ1v) is 12.0. The van der Waals surface area contributed by atoms with E-state index in [4.69, 9.17) is 14.5 Å². The fraction of sp³-hybridized carbons (Fsp3) is 0.0714. The normalized spacial score (nSPS) is 10.6. The van der Waals surface area contributed by atoms with Crippen LogP contribution in [0.25, 0.3) is 32.3 Å². The zero-order valence-corrected chi connectivity index (χ0v) is 20.2. The number of hydrogen-bond donors (Lipinski definition) is 1. The van der Waals surface area contributed by atoms with Crippen LogP contribution in [0.5, 0.6) is 11.5 Å². The Balaban J connectivity index is 1.42. The highest BCUT2D eigenvalue weighted by atomic mass is 32.1. The molecule has 0 spiro atoms. The largest absolute Gasteiger partial charge is 0.493 e. The lowest BCUT2D eigenvalue weighted by Crippen LogP contribution is -2.20. The summed E-state index contributed by atoms with van der Waals surface area (Å²) in [7, 11) is 1.54. The maximum Gasteiger partial charge on any atom is 0.330 e. The molecule has 3 aromatic carbocycles. The van der Waals surface area contributed by atoms with Crippen molar-refractivity contribution in [2.45, 2.75) is 0 Å². The second-order valence-electron chi connectivity index (χ2n) is 7.71. The third-order valence-electron chi connectivity index (χ3n) is 5.32. The molecule has 0 saturated heterocycles. The van der Waals surface area contributed by atoms with E-state index < -0.39 is 5.97 Å². The van der Waals surface area contributed by atoms with E-state index in [-0.39, 0.29) is 6.54 Å². The van der Waals surface area contributed by atoms with Gasteiger partial charge in [-0.2, -0.15) is 0 Å². The van der Waals surface area contributed by atoms with Crippen molar-refractivity contribution in [3.8, 4) is 43.8 Å². The molecule has 0 radical (unpaired) electrons. The average molecular weight is 495 g/mol. The first kappa shape index (κ1) is 23.2. The second kappa shape index (κ2) is 10.8. The van der Waals surface area contributed by atoms with E-state index in [2.05, 4.69) is 39.6 Å². The molecule has 0 amide bonds. The lowest BCUT2D eigenvalue weighted by Gasteiger charge is -2.11. The quantitative estimate of drug-likeness (QED) is 0.210. The van der Waals surface area contributed by atoms with Gasteiger partial charge in [-0.15, -0.1) is 11.3 Å². The van der Waals surface area contributed by atoms with Gasteiger partial charge in [-0.1, -0.05) is 60.7 Å². The number of nitrogens with zero attached hydrogens (tertiary/aromatic N) is 3. The van der Waals surface area contributed by atoms with E-state index in [9.17, 15) is 4.79 Å². The van der Waals surface area contributed by atoms with Gasteiger partial charge >= 0.3 is 5.97 Å². The number of carbonyl (C=O) groups excluding carboxylic acids is 1. The Morgan fingerprint density at radius 2 is 1.64 bits per heavy atom. The van der Waals surface area contributed by atoms with Crippen LogP contribution in [0, 0.1) is 0 Å². The number of methoxy groups -OCH3 is 1. The van der Waals surface area contributed by atoms with Gasteiger partial charge in [0, 0.05) is 23.5 Å². The Labute approximate surface area is 212 Å². The number of esters is 1. The number of ether oxygens (including phenoxy) is 2. The fourth-order valence-electron chi connectivity index (χ4n) is 3.62. The molecule has 178 valence electrons. The van der Waals surface area contributed by atoms with Gasteiger partial charge in [-0.3, -0.25) is 4.98 Å². The number of rotatable bonds is 8. The maximum absolute atomic E-state index is 12.4. The van der Waals surface area contributed by atoms with Crippen LogP contribution < -0.4 is 14.8 Å². The molecule has 0 bridgehead atoms. The highest BCUT2D eigenvalue weighted by molar-refractivity contribution is 7.19. The highest BCUT2D eigenvalue weighted by Crippen LogP contribution is 2.42. The molecule has 5 aromatic rings. The van der Waals surface area contributed by atoms with Crippen LogP contribution in [0.4, 0.5) is 5.82 Å². The molecule has 0 aliphatic rings. The number of hydrogen-bond acceptors (Lipinski definition) is 8. The van der Waals surface area contributed by atoms with Crippen LogP contribution >= 0.6 is 11.3 Å². The second-order valence-corrected chi connectivity index (χ2v) is 8.71. The zero-order chi connectivity index (χ0) is 24.7. The molecular weight excluding hydrogens is 472 g/mol. The van der Waals surface area contributed by atoms with Gasteiger partial charge in [0.05, 0.1) is 23.9 Å². The summed E-state index contributed by atoms with van der Waals surface area (Å²) >= 11 is 1.61.